The summed E-state index contributed by atoms with van der Waals surface area (Å²) in [5.74, 6) is 0.143. The van der Waals surface area contributed by atoms with Gasteiger partial charge in [-0.1, -0.05) is 45.8 Å². The van der Waals surface area contributed by atoms with Crippen LogP contribution in [-0.4, -0.2) is 5.11 Å². The van der Waals surface area contributed by atoms with E-state index in [-0.39, 0.29) is 20.0 Å². The van der Waals surface area contributed by atoms with Crippen LogP contribution in [0.3, 0.4) is 0 Å². The molecule has 2 aromatic carbocycles. The van der Waals surface area contributed by atoms with Crippen molar-refractivity contribution >= 4 is 13.9 Å². The minimum absolute atomic E-state index is 0.0393. The number of benzene rings is 2. The number of phenols is 1. The van der Waals surface area contributed by atoms with E-state index in [2.05, 4.69) is 0 Å². The fourth-order valence-electron chi connectivity index (χ4n) is 2.45. The van der Waals surface area contributed by atoms with Gasteiger partial charge in [0.2, 0.25) is 0 Å². The van der Waals surface area contributed by atoms with Crippen molar-refractivity contribution < 1.29 is 18.3 Å². The van der Waals surface area contributed by atoms with E-state index < -0.39 is 11.7 Å². The summed E-state index contributed by atoms with van der Waals surface area (Å²) < 4.78 is 39.7. The van der Waals surface area contributed by atoms with Crippen molar-refractivity contribution in [2.75, 3.05) is 0 Å². The average Bonchev–Trinajstić information content (AvgIpc) is 2.46. The third kappa shape index (κ3) is 3.61. The van der Waals surface area contributed by atoms with Gasteiger partial charge in [-0.05, 0) is 36.3 Å². The molecular formula is C17H18F3OP. The number of alkyl halides is 3. The monoisotopic (exact) mass is 326 g/mol. The molecule has 5 heteroatoms. The molecule has 0 aromatic heterocycles. The molecule has 0 aliphatic rings. The van der Waals surface area contributed by atoms with E-state index in [1.807, 2.05) is 6.92 Å². The lowest BCUT2D eigenvalue weighted by Gasteiger charge is -2.21. The Labute approximate surface area is 130 Å². The van der Waals surface area contributed by atoms with Gasteiger partial charge in [-0.25, -0.2) is 0 Å². The largest absolute Gasteiger partial charge is 0.508 e. The first-order valence-electron chi connectivity index (χ1n) is 7.05. The molecule has 0 saturated carbocycles. The van der Waals surface area contributed by atoms with Gasteiger partial charge < -0.3 is 5.11 Å². The van der Waals surface area contributed by atoms with E-state index in [0.717, 1.165) is 6.07 Å². The number of rotatable bonds is 4. The molecule has 1 nitrogen and oxygen atoms in total. The summed E-state index contributed by atoms with van der Waals surface area (Å²) in [6.07, 6.45) is -3.69. The molecular weight excluding hydrogens is 308 g/mol. The molecule has 0 spiro atoms. The molecule has 0 aliphatic heterocycles. The molecule has 0 aliphatic carbocycles. The lowest BCUT2D eigenvalue weighted by molar-refractivity contribution is -0.136. The maximum atomic E-state index is 13.2. The number of para-hydroxylation sites is 1. The van der Waals surface area contributed by atoms with Crippen LogP contribution in [0.1, 0.15) is 35.7 Å². The molecule has 0 saturated heterocycles. The Bertz CT molecular complexity index is 653. The number of halogens is 3. The van der Waals surface area contributed by atoms with Gasteiger partial charge in [0.05, 0.1) is 5.56 Å². The zero-order valence-electron chi connectivity index (χ0n) is 12.4. The van der Waals surface area contributed by atoms with E-state index in [1.165, 1.54) is 6.07 Å². The summed E-state index contributed by atoms with van der Waals surface area (Å²) in [5, 5.41) is 10.3. The van der Waals surface area contributed by atoms with E-state index in [4.69, 9.17) is 0 Å². The molecule has 0 fully saturated rings. The predicted octanol–water partition coefficient (Wildman–Crippen LogP) is 5.17. The number of aromatic hydroxyl groups is 1. The van der Waals surface area contributed by atoms with Crippen molar-refractivity contribution in [3.63, 3.8) is 0 Å². The first kappa shape index (κ1) is 16.8. The SMILES string of the molecule is CCC(Pc1c(C)cccc1C(F)(F)F)c1ccccc1O. The second-order valence-corrected chi connectivity index (χ2v) is 6.64. The third-order valence-electron chi connectivity index (χ3n) is 3.62. The Hall–Kier alpha value is -1.54. The predicted molar refractivity (Wildman–Crippen MR) is 85.3 cm³/mol. The van der Waals surface area contributed by atoms with E-state index in [9.17, 15) is 18.3 Å². The fourth-order valence-corrected chi connectivity index (χ4v) is 4.10. The molecule has 0 heterocycles. The van der Waals surface area contributed by atoms with Crippen LogP contribution in [0.15, 0.2) is 42.5 Å². The minimum atomic E-state index is -4.36. The van der Waals surface area contributed by atoms with Crippen molar-refractivity contribution in [3.8, 4) is 5.75 Å². The molecule has 1 N–H and O–H groups in total. The average molecular weight is 326 g/mol. The fraction of sp³-hybridized carbons (Fsp3) is 0.294. The minimum Gasteiger partial charge on any atom is -0.508 e. The third-order valence-corrected chi connectivity index (χ3v) is 5.64. The lowest BCUT2D eigenvalue weighted by Crippen LogP contribution is -2.19. The Morgan fingerprint density at radius 2 is 1.77 bits per heavy atom. The number of aryl methyl sites for hydroxylation is 1. The standard InChI is InChI=1S/C17H18F3OP/c1-3-15(12-8-4-5-10-14(12)21)22-16-11(2)7-6-9-13(16)17(18,19)20/h4-10,15,21-22H,3H2,1-2H3. The highest BCUT2D eigenvalue weighted by Gasteiger charge is 2.34. The highest BCUT2D eigenvalue weighted by Crippen LogP contribution is 2.43. The quantitative estimate of drug-likeness (QED) is 0.768. The summed E-state index contributed by atoms with van der Waals surface area (Å²) in [6.45, 7) is 3.63. The van der Waals surface area contributed by atoms with Crippen LogP contribution in [0.5, 0.6) is 5.75 Å². The molecule has 118 valence electrons. The van der Waals surface area contributed by atoms with E-state index >= 15 is 0 Å². The van der Waals surface area contributed by atoms with Crippen LogP contribution >= 0.6 is 8.58 Å². The van der Waals surface area contributed by atoms with Crippen molar-refractivity contribution in [3.05, 3.63) is 59.2 Å². The maximum absolute atomic E-state index is 13.2. The summed E-state index contributed by atoms with van der Waals surface area (Å²) in [5.41, 5.74) is 0.657. The molecule has 2 aromatic rings. The van der Waals surface area contributed by atoms with Gasteiger partial charge >= 0.3 is 6.18 Å². The highest BCUT2D eigenvalue weighted by atomic mass is 31.1. The van der Waals surface area contributed by atoms with Crippen LogP contribution in [0.2, 0.25) is 0 Å². The first-order chi connectivity index (χ1) is 10.3. The van der Waals surface area contributed by atoms with Crippen LogP contribution in [-0.2, 0) is 6.18 Å². The van der Waals surface area contributed by atoms with Gasteiger partial charge in [-0.15, -0.1) is 0 Å². The zero-order valence-corrected chi connectivity index (χ0v) is 13.4. The first-order valence-corrected chi connectivity index (χ1v) is 8.13. The van der Waals surface area contributed by atoms with Crippen molar-refractivity contribution in [2.24, 2.45) is 0 Å². The van der Waals surface area contributed by atoms with Crippen LogP contribution < -0.4 is 5.30 Å². The van der Waals surface area contributed by atoms with E-state index in [0.29, 0.717) is 22.9 Å². The lowest BCUT2D eigenvalue weighted by atomic mass is 10.1. The van der Waals surface area contributed by atoms with Gasteiger partial charge in [0.15, 0.2) is 0 Å². The molecule has 0 amide bonds. The molecule has 2 rings (SSSR count). The topological polar surface area (TPSA) is 20.2 Å². The summed E-state index contributed by atoms with van der Waals surface area (Å²) >= 11 is 0. The highest BCUT2D eigenvalue weighted by molar-refractivity contribution is 7.47. The molecule has 2 atom stereocenters. The van der Waals surface area contributed by atoms with E-state index in [1.54, 1.807) is 37.3 Å². The zero-order chi connectivity index (χ0) is 16.3. The van der Waals surface area contributed by atoms with Gasteiger partial charge in [0, 0.05) is 11.2 Å². The Morgan fingerprint density at radius 3 is 2.36 bits per heavy atom. The molecule has 0 radical (unpaired) electrons. The van der Waals surface area contributed by atoms with Crippen molar-refractivity contribution in [2.45, 2.75) is 32.1 Å². The van der Waals surface area contributed by atoms with Gasteiger partial charge in [-0.3, -0.25) is 0 Å². The second-order valence-electron chi connectivity index (χ2n) is 5.16. The summed E-state index contributed by atoms with van der Waals surface area (Å²) in [7, 11) is -0.0393. The molecule has 2 unspecified atom stereocenters. The maximum Gasteiger partial charge on any atom is 0.417 e. The summed E-state index contributed by atoms with van der Waals surface area (Å²) in [6, 6.07) is 11.1. The Balaban J connectivity index is 2.43. The number of hydrogen-bond acceptors (Lipinski definition) is 1. The van der Waals surface area contributed by atoms with Gasteiger partial charge in [-0.2, -0.15) is 13.2 Å². The van der Waals surface area contributed by atoms with Crippen LogP contribution in [0.25, 0.3) is 0 Å². The van der Waals surface area contributed by atoms with Crippen LogP contribution in [0.4, 0.5) is 13.2 Å². The second kappa shape index (κ2) is 6.70. The van der Waals surface area contributed by atoms with Gasteiger partial charge in [0.1, 0.15) is 5.75 Å². The molecule has 0 bridgehead atoms. The number of phenolic OH excluding ortho intramolecular Hbond substituents is 1. The smallest absolute Gasteiger partial charge is 0.417 e. The summed E-state index contributed by atoms with van der Waals surface area (Å²) in [4.78, 5) is 0. The molecule has 22 heavy (non-hydrogen) atoms. The number of hydrogen-bond donors (Lipinski definition) is 1. The Morgan fingerprint density at radius 1 is 1.09 bits per heavy atom. The normalized spacial score (nSPS) is 13.7. The van der Waals surface area contributed by atoms with Gasteiger partial charge in [0.25, 0.3) is 0 Å². The van der Waals surface area contributed by atoms with Crippen LogP contribution in [0, 0.1) is 6.92 Å². The Kier molecular flexibility index (Phi) is 5.12. The van der Waals surface area contributed by atoms with Crippen molar-refractivity contribution in [1.29, 1.82) is 0 Å². The van der Waals surface area contributed by atoms with Crippen molar-refractivity contribution in [1.82, 2.24) is 0 Å².